The summed E-state index contributed by atoms with van der Waals surface area (Å²) in [6.45, 7) is 5.43. The van der Waals surface area contributed by atoms with Crippen LogP contribution in [0.15, 0.2) is 48.9 Å². The number of rotatable bonds is 7. The molecule has 0 spiro atoms. The van der Waals surface area contributed by atoms with Crippen molar-refractivity contribution in [2.75, 3.05) is 24.5 Å². The molecule has 2 atom stereocenters. The summed E-state index contributed by atoms with van der Waals surface area (Å²) >= 11 is 0. The van der Waals surface area contributed by atoms with Crippen LogP contribution in [0.5, 0.6) is 0 Å². The van der Waals surface area contributed by atoms with E-state index in [2.05, 4.69) is 62.0 Å². The molecule has 1 saturated carbocycles. The summed E-state index contributed by atoms with van der Waals surface area (Å²) in [7, 11) is 0. The van der Waals surface area contributed by atoms with Gasteiger partial charge in [0.1, 0.15) is 5.82 Å². The Morgan fingerprint density at radius 3 is 2.64 bits per heavy atom. The zero-order chi connectivity index (χ0) is 22.4. The van der Waals surface area contributed by atoms with Gasteiger partial charge in [-0.05, 0) is 61.9 Å². The lowest BCUT2D eigenvalue weighted by atomic mass is 10.1. The number of anilines is 1. The van der Waals surface area contributed by atoms with Gasteiger partial charge in [0, 0.05) is 69.3 Å². The van der Waals surface area contributed by atoms with Crippen molar-refractivity contribution < 1.29 is 4.79 Å². The number of fused-ring (bicyclic) bond motifs is 3. The van der Waals surface area contributed by atoms with E-state index in [0.29, 0.717) is 30.5 Å². The largest absolute Gasteiger partial charge is 0.347 e. The summed E-state index contributed by atoms with van der Waals surface area (Å²) in [5.41, 5.74) is 3.63. The van der Waals surface area contributed by atoms with E-state index in [4.69, 9.17) is 0 Å². The molecule has 1 amide bonds. The summed E-state index contributed by atoms with van der Waals surface area (Å²) in [5.74, 6) is 1.37. The van der Waals surface area contributed by atoms with Crippen molar-refractivity contribution in [3.63, 3.8) is 0 Å². The molecule has 172 valence electrons. The van der Waals surface area contributed by atoms with Crippen LogP contribution in [0.1, 0.15) is 43.2 Å². The van der Waals surface area contributed by atoms with Crippen molar-refractivity contribution in [1.82, 2.24) is 24.4 Å². The summed E-state index contributed by atoms with van der Waals surface area (Å²) in [6.07, 6.45) is 11.2. The maximum Gasteiger partial charge on any atom is 0.224 e. The summed E-state index contributed by atoms with van der Waals surface area (Å²) in [5, 5.41) is 4.36. The number of hydrogen-bond donors (Lipinski definition) is 0. The van der Waals surface area contributed by atoms with Crippen molar-refractivity contribution in [3.05, 3.63) is 60.0 Å². The SMILES string of the molecule is Cc1ccc(N2C3CCC2CN(C(=O)CCN(Cc2cccn4nccc24)C2CC2)C3)nc1. The first-order valence-corrected chi connectivity index (χ1v) is 12.3. The quantitative estimate of drug-likeness (QED) is 0.560. The normalized spacial score (nSPS) is 22.5. The zero-order valence-electron chi connectivity index (χ0n) is 19.3. The Balaban J connectivity index is 1.09. The molecule has 1 aliphatic carbocycles. The number of aromatic nitrogens is 3. The molecule has 3 fully saturated rings. The fourth-order valence-electron chi connectivity index (χ4n) is 5.69. The summed E-state index contributed by atoms with van der Waals surface area (Å²) in [6, 6.07) is 12.0. The number of piperazine rings is 1. The molecule has 0 N–H and O–H groups in total. The minimum Gasteiger partial charge on any atom is -0.347 e. The van der Waals surface area contributed by atoms with Gasteiger partial charge >= 0.3 is 0 Å². The van der Waals surface area contributed by atoms with E-state index in [-0.39, 0.29) is 0 Å². The molecular formula is C26H32N6O. The molecule has 7 nitrogen and oxygen atoms in total. The fourth-order valence-corrected chi connectivity index (χ4v) is 5.69. The van der Waals surface area contributed by atoms with Crippen LogP contribution in [0.2, 0.25) is 0 Å². The van der Waals surface area contributed by atoms with Crippen LogP contribution in [-0.4, -0.2) is 68.1 Å². The predicted molar refractivity (Wildman–Crippen MR) is 128 cm³/mol. The zero-order valence-corrected chi connectivity index (χ0v) is 19.3. The van der Waals surface area contributed by atoms with Crippen molar-refractivity contribution in [1.29, 1.82) is 0 Å². The number of amides is 1. The molecule has 5 heterocycles. The third-order valence-electron chi connectivity index (χ3n) is 7.57. The molecule has 2 aliphatic heterocycles. The first kappa shape index (κ1) is 20.7. The van der Waals surface area contributed by atoms with Gasteiger partial charge in [-0.25, -0.2) is 9.50 Å². The van der Waals surface area contributed by atoms with E-state index in [9.17, 15) is 4.79 Å². The van der Waals surface area contributed by atoms with Gasteiger partial charge in [-0.2, -0.15) is 5.10 Å². The number of carbonyl (C=O) groups excluding carboxylic acids is 1. The van der Waals surface area contributed by atoms with Gasteiger partial charge in [-0.1, -0.05) is 12.1 Å². The van der Waals surface area contributed by atoms with Crippen LogP contribution >= 0.6 is 0 Å². The molecule has 7 heteroatoms. The van der Waals surface area contributed by atoms with Crippen LogP contribution in [0, 0.1) is 6.92 Å². The second kappa shape index (κ2) is 8.45. The number of carbonyl (C=O) groups is 1. The van der Waals surface area contributed by atoms with Crippen LogP contribution in [0.3, 0.4) is 0 Å². The van der Waals surface area contributed by atoms with Gasteiger partial charge in [0.15, 0.2) is 0 Å². The van der Waals surface area contributed by atoms with Crippen LogP contribution in [-0.2, 0) is 11.3 Å². The Hall–Kier alpha value is -2.93. The monoisotopic (exact) mass is 444 g/mol. The highest BCUT2D eigenvalue weighted by atomic mass is 16.2. The highest BCUT2D eigenvalue weighted by molar-refractivity contribution is 5.77. The average Bonchev–Trinajstić information content (AvgIpc) is 3.50. The van der Waals surface area contributed by atoms with Gasteiger partial charge in [0.05, 0.1) is 5.52 Å². The molecule has 3 aromatic heterocycles. The Morgan fingerprint density at radius 1 is 1.09 bits per heavy atom. The topological polar surface area (TPSA) is 57.0 Å². The van der Waals surface area contributed by atoms with Crippen molar-refractivity contribution in [2.24, 2.45) is 0 Å². The second-order valence-electron chi connectivity index (χ2n) is 9.93. The van der Waals surface area contributed by atoms with Crippen LogP contribution in [0.4, 0.5) is 5.82 Å². The molecule has 3 aromatic rings. The fraction of sp³-hybridized carbons (Fsp3) is 0.500. The van der Waals surface area contributed by atoms with E-state index in [1.54, 1.807) is 0 Å². The molecule has 2 bridgehead atoms. The van der Waals surface area contributed by atoms with E-state index in [1.807, 2.05) is 23.1 Å². The maximum absolute atomic E-state index is 13.2. The van der Waals surface area contributed by atoms with E-state index < -0.39 is 0 Å². The van der Waals surface area contributed by atoms with Gasteiger partial charge in [-0.3, -0.25) is 9.69 Å². The van der Waals surface area contributed by atoms with Gasteiger partial charge in [-0.15, -0.1) is 0 Å². The average molecular weight is 445 g/mol. The van der Waals surface area contributed by atoms with Crippen LogP contribution in [0.25, 0.3) is 5.52 Å². The number of aryl methyl sites for hydroxylation is 1. The summed E-state index contributed by atoms with van der Waals surface area (Å²) < 4.78 is 1.93. The highest BCUT2D eigenvalue weighted by Gasteiger charge is 2.42. The lowest BCUT2D eigenvalue weighted by Crippen LogP contribution is -2.56. The van der Waals surface area contributed by atoms with Crippen molar-refractivity contribution in [2.45, 2.75) is 63.7 Å². The van der Waals surface area contributed by atoms with Crippen LogP contribution < -0.4 is 4.90 Å². The first-order chi connectivity index (χ1) is 16.2. The minimum absolute atomic E-state index is 0.302. The second-order valence-corrected chi connectivity index (χ2v) is 9.93. The molecular weight excluding hydrogens is 412 g/mol. The third kappa shape index (κ3) is 4.10. The third-order valence-corrected chi connectivity index (χ3v) is 7.57. The number of pyridine rings is 2. The smallest absolute Gasteiger partial charge is 0.224 e. The van der Waals surface area contributed by atoms with E-state index in [0.717, 1.165) is 50.4 Å². The Kier molecular flexibility index (Phi) is 5.29. The number of likely N-dealkylation sites (tertiary alicyclic amines) is 1. The standard InChI is InChI=1S/C26H32N6O/c1-19-4-9-25(27-15-19)32-22-7-8-23(32)18-30(17-22)26(33)11-14-29(21-5-6-21)16-20-3-2-13-31-24(20)10-12-28-31/h2-4,9-10,12-13,15,21-23H,5-8,11,14,16-18H2,1H3. The Labute approximate surface area is 195 Å². The highest BCUT2D eigenvalue weighted by Crippen LogP contribution is 2.34. The molecule has 2 unspecified atom stereocenters. The van der Waals surface area contributed by atoms with Crippen molar-refractivity contribution in [3.8, 4) is 0 Å². The predicted octanol–water partition coefficient (Wildman–Crippen LogP) is 3.27. The summed E-state index contributed by atoms with van der Waals surface area (Å²) in [4.78, 5) is 25.0. The molecule has 0 radical (unpaired) electrons. The molecule has 6 rings (SSSR count). The van der Waals surface area contributed by atoms with Gasteiger partial charge < -0.3 is 9.80 Å². The lowest BCUT2D eigenvalue weighted by Gasteiger charge is -2.42. The van der Waals surface area contributed by atoms with E-state index in [1.165, 1.54) is 24.0 Å². The minimum atomic E-state index is 0.302. The lowest BCUT2D eigenvalue weighted by molar-refractivity contribution is -0.132. The maximum atomic E-state index is 13.2. The van der Waals surface area contributed by atoms with Gasteiger partial charge in [0.25, 0.3) is 0 Å². The van der Waals surface area contributed by atoms with Crippen molar-refractivity contribution >= 4 is 17.2 Å². The molecule has 33 heavy (non-hydrogen) atoms. The Bertz CT molecular complexity index is 1120. The molecule has 2 saturated heterocycles. The number of nitrogens with zero attached hydrogens (tertiary/aromatic N) is 6. The van der Waals surface area contributed by atoms with Gasteiger partial charge in [0.2, 0.25) is 5.91 Å². The number of hydrogen-bond acceptors (Lipinski definition) is 5. The first-order valence-electron chi connectivity index (χ1n) is 12.3. The molecule has 0 aromatic carbocycles. The molecule has 3 aliphatic rings. The Morgan fingerprint density at radius 2 is 1.91 bits per heavy atom. The van der Waals surface area contributed by atoms with E-state index >= 15 is 0 Å².